The van der Waals surface area contributed by atoms with Gasteiger partial charge in [0, 0.05) is 24.9 Å². The molecule has 1 fully saturated rings. The van der Waals surface area contributed by atoms with Gasteiger partial charge in [0.1, 0.15) is 0 Å². The second-order valence-electron chi connectivity index (χ2n) is 5.49. The second kappa shape index (κ2) is 5.95. The molecule has 0 aromatic heterocycles. The molecule has 4 nitrogen and oxygen atoms in total. The van der Waals surface area contributed by atoms with Crippen molar-refractivity contribution in [3.63, 3.8) is 0 Å². The van der Waals surface area contributed by atoms with Crippen molar-refractivity contribution in [3.05, 3.63) is 29.8 Å². The highest BCUT2D eigenvalue weighted by Crippen LogP contribution is 2.30. The van der Waals surface area contributed by atoms with Gasteiger partial charge in [0.15, 0.2) is 9.84 Å². The smallest absolute Gasteiger partial charge is 0.253 e. The Bertz CT molecular complexity index is 574. The van der Waals surface area contributed by atoms with E-state index in [1.54, 1.807) is 12.1 Å². The summed E-state index contributed by atoms with van der Waals surface area (Å²) in [6.45, 7) is 3.63. The summed E-state index contributed by atoms with van der Waals surface area (Å²) in [5, 5.41) is 0. The van der Waals surface area contributed by atoms with E-state index in [0.29, 0.717) is 11.5 Å². The molecule has 1 amide bonds. The van der Waals surface area contributed by atoms with Crippen molar-refractivity contribution < 1.29 is 13.2 Å². The van der Waals surface area contributed by atoms with Crippen molar-refractivity contribution in [3.8, 4) is 0 Å². The van der Waals surface area contributed by atoms with E-state index >= 15 is 0 Å². The topological polar surface area (TPSA) is 54.5 Å². The maximum absolute atomic E-state index is 12.4. The zero-order valence-electron chi connectivity index (χ0n) is 12.0. The van der Waals surface area contributed by atoms with Gasteiger partial charge in [-0.1, -0.05) is 6.92 Å². The van der Waals surface area contributed by atoms with Gasteiger partial charge in [-0.3, -0.25) is 4.79 Å². The van der Waals surface area contributed by atoms with Crippen LogP contribution in [0.3, 0.4) is 0 Å². The van der Waals surface area contributed by atoms with Gasteiger partial charge in [0.05, 0.1) is 4.90 Å². The van der Waals surface area contributed by atoms with Gasteiger partial charge in [0.25, 0.3) is 5.91 Å². The molecule has 1 aromatic rings. The third-order valence-electron chi connectivity index (χ3n) is 3.49. The van der Waals surface area contributed by atoms with Crippen LogP contribution in [0, 0.1) is 5.92 Å². The third-order valence-corrected chi connectivity index (χ3v) is 4.61. The van der Waals surface area contributed by atoms with Gasteiger partial charge in [-0.15, -0.1) is 0 Å². The van der Waals surface area contributed by atoms with E-state index in [-0.39, 0.29) is 10.8 Å². The first-order valence-corrected chi connectivity index (χ1v) is 8.90. The summed E-state index contributed by atoms with van der Waals surface area (Å²) in [6, 6.07) is 6.22. The molecule has 1 aliphatic rings. The van der Waals surface area contributed by atoms with Crippen LogP contribution >= 0.6 is 0 Å². The largest absolute Gasteiger partial charge is 0.338 e. The van der Waals surface area contributed by atoms with Crippen LogP contribution in [0.4, 0.5) is 0 Å². The van der Waals surface area contributed by atoms with Crippen LogP contribution < -0.4 is 0 Å². The van der Waals surface area contributed by atoms with E-state index in [1.165, 1.54) is 31.2 Å². The molecule has 110 valence electrons. The molecule has 0 unspecified atom stereocenters. The molecular weight excluding hydrogens is 274 g/mol. The van der Waals surface area contributed by atoms with Crippen LogP contribution in [-0.2, 0) is 9.84 Å². The summed E-state index contributed by atoms with van der Waals surface area (Å²) in [6.07, 6.45) is 4.52. The van der Waals surface area contributed by atoms with Crippen molar-refractivity contribution in [2.75, 3.05) is 19.3 Å². The zero-order valence-corrected chi connectivity index (χ0v) is 12.8. The first kappa shape index (κ1) is 15.0. The Morgan fingerprint density at radius 3 is 2.30 bits per heavy atom. The van der Waals surface area contributed by atoms with Gasteiger partial charge in [-0.2, -0.15) is 0 Å². The monoisotopic (exact) mass is 295 g/mol. The van der Waals surface area contributed by atoms with E-state index in [4.69, 9.17) is 0 Å². The molecule has 0 radical (unpaired) electrons. The van der Waals surface area contributed by atoms with E-state index in [0.717, 1.165) is 19.5 Å². The quantitative estimate of drug-likeness (QED) is 0.809. The predicted molar refractivity (Wildman–Crippen MR) is 78.5 cm³/mol. The fourth-order valence-electron chi connectivity index (χ4n) is 2.19. The predicted octanol–water partition coefficient (Wildman–Crippen LogP) is 2.35. The lowest BCUT2D eigenvalue weighted by atomic mass is 10.2. The number of benzene rings is 1. The lowest BCUT2D eigenvalue weighted by Crippen LogP contribution is -2.33. The summed E-state index contributed by atoms with van der Waals surface area (Å²) in [4.78, 5) is 14.6. The molecular formula is C15H21NO3S. The molecule has 0 heterocycles. The minimum absolute atomic E-state index is 0.00111. The Morgan fingerprint density at radius 2 is 1.85 bits per heavy atom. The minimum Gasteiger partial charge on any atom is -0.338 e. The number of hydrogen-bond acceptors (Lipinski definition) is 3. The molecule has 20 heavy (non-hydrogen) atoms. The summed E-state index contributed by atoms with van der Waals surface area (Å²) < 4.78 is 22.8. The Labute approximate surface area is 120 Å². The van der Waals surface area contributed by atoms with Crippen molar-refractivity contribution in [2.24, 2.45) is 5.92 Å². The molecule has 1 saturated carbocycles. The standard InChI is InChI=1S/C15H21NO3S/c1-3-10-16(11-12-4-5-12)15(17)13-6-8-14(9-7-13)20(2,18)19/h6-9,12H,3-5,10-11H2,1-2H3. The maximum atomic E-state index is 12.4. The Balaban J connectivity index is 2.13. The van der Waals surface area contributed by atoms with Gasteiger partial charge in [0.2, 0.25) is 0 Å². The lowest BCUT2D eigenvalue weighted by molar-refractivity contribution is 0.0747. The first-order valence-electron chi connectivity index (χ1n) is 7.01. The normalized spacial score (nSPS) is 15.1. The summed E-state index contributed by atoms with van der Waals surface area (Å²) in [7, 11) is -3.21. The highest BCUT2D eigenvalue weighted by molar-refractivity contribution is 7.90. The molecule has 0 atom stereocenters. The van der Waals surface area contributed by atoms with Gasteiger partial charge in [-0.25, -0.2) is 8.42 Å². The highest BCUT2D eigenvalue weighted by atomic mass is 32.2. The molecule has 0 N–H and O–H groups in total. The van der Waals surface area contributed by atoms with Crippen molar-refractivity contribution in [1.82, 2.24) is 4.90 Å². The van der Waals surface area contributed by atoms with Gasteiger partial charge in [-0.05, 0) is 49.4 Å². The fourth-order valence-corrected chi connectivity index (χ4v) is 2.82. The van der Waals surface area contributed by atoms with Crippen LogP contribution in [0.1, 0.15) is 36.5 Å². The molecule has 0 saturated heterocycles. The number of hydrogen-bond donors (Lipinski definition) is 0. The maximum Gasteiger partial charge on any atom is 0.253 e. The van der Waals surface area contributed by atoms with Crippen LogP contribution in [0.15, 0.2) is 29.2 Å². The highest BCUT2D eigenvalue weighted by Gasteiger charge is 2.26. The Morgan fingerprint density at radius 1 is 1.25 bits per heavy atom. The van der Waals surface area contributed by atoms with Crippen LogP contribution in [-0.4, -0.2) is 38.6 Å². The average Bonchev–Trinajstić information content (AvgIpc) is 3.20. The SMILES string of the molecule is CCCN(CC1CC1)C(=O)c1ccc(S(C)(=O)=O)cc1. The summed E-state index contributed by atoms with van der Waals surface area (Å²) in [5.74, 6) is 0.652. The second-order valence-corrected chi connectivity index (χ2v) is 7.51. The molecule has 0 spiro atoms. The zero-order chi connectivity index (χ0) is 14.8. The van der Waals surface area contributed by atoms with E-state index in [2.05, 4.69) is 6.92 Å². The van der Waals surface area contributed by atoms with Crippen LogP contribution in [0.5, 0.6) is 0 Å². The van der Waals surface area contributed by atoms with Gasteiger partial charge < -0.3 is 4.90 Å². The molecule has 0 bridgehead atoms. The van der Waals surface area contributed by atoms with Gasteiger partial charge >= 0.3 is 0 Å². The van der Waals surface area contributed by atoms with E-state index < -0.39 is 9.84 Å². The van der Waals surface area contributed by atoms with Crippen molar-refractivity contribution >= 4 is 15.7 Å². The number of carbonyl (C=O) groups is 1. The molecule has 5 heteroatoms. The summed E-state index contributed by atoms with van der Waals surface area (Å²) >= 11 is 0. The van der Waals surface area contributed by atoms with E-state index in [9.17, 15) is 13.2 Å². The van der Waals surface area contributed by atoms with Crippen molar-refractivity contribution in [2.45, 2.75) is 31.1 Å². The Kier molecular flexibility index (Phi) is 4.48. The molecule has 0 aliphatic heterocycles. The lowest BCUT2D eigenvalue weighted by Gasteiger charge is -2.22. The van der Waals surface area contributed by atoms with Crippen LogP contribution in [0.2, 0.25) is 0 Å². The first-order chi connectivity index (χ1) is 9.41. The minimum atomic E-state index is -3.21. The third kappa shape index (κ3) is 3.82. The number of carbonyl (C=O) groups excluding carboxylic acids is 1. The number of nitrogens with zero attached hydrogens (tertiary/aromatic N) is 1. The fraction of sp³-hybridized carbons (Fsp3) is 0.533. The molecule has 1 aromatic carbocycles. The molecule has 1 aliphatic carbocycles. The number of rotatable bonds is 6. The average molecular weight is 295 g/mol. The summed E-state index contributed by atoms with van der Waals surface area (Å²) in [5.41, 5.74) is 0.562. The number of amides is 1. The van der Waals surface area contributed by atoms with E-state index in [1.807, 2.05) is 4.90 Å². The number of sulfone groups is 1. The van der Waals surface area contributed by atoms with Crippen molar-refractivity contribution in [1.29, 1.82) is 0 Å². The van der Waals surface area contributed by atoms with Crippen LogP contribution in [0.25, 0.3) is 0 Å². The molecule has 2 rings (SSSR count). The Hall–Kier alpha value is -1.36.